The summed E-state index contributed by atoms with van der Waals surface area (Å²) in [6.07, 6.45) is 3.83. The number of methoxy groups -OCH3 is 1. The fourth-order valence-corrected chi connectivity index (χ4v) is 5.79. The lowest BCUT2D eigenvalue weighted by Crippen LogP contribution is -2.35. The molecule has 0 spiro atoms. The van der Waals surface area contributed by atoms with E-state index in [1.54, 1.807) is 31.3 Å². The summed E-state index contributed by atoms with van der Waals surface area (Å²) in [5, 5.41) is 22.0. The smallest absolute Gasteiger partial charge is 0.220 e. The quantitative estimate of drug-likeness (QED) is 0.126. The van der Waals surface area contributed by atoms with Crippen LogP contribution in [0.25, 0.3) is 22.4 Å². The number of rotatable bonds is 13. The van der Waals surface area contributed by atoms with Crippen molar-refractivity contribution in [2.45, 2.75) is 51.9 Å². The highest BCUT2D eigenvalue weighted by molar-refractivity contribution is 6.35. The number of carbonyl (C=O) groups excluding carboxylic acids is 1. The maximum absolute atomic E-state index is 15.5. The van der Waals surface area contributed by atoms with Crippen molar-refractivity contribution in [3.63, 3.8) is 0 Å². The average Bonchev–Trinajstić information content (AvgIpc) is 3.45. The van der Waals surface area contributed by atoms with Gasteiger partial charge in [0, 0.05) is 79.0 Å². The molecule has 12 heteroatoms. The predicted octanol–water partition coefficient (Wildman–Crippen LogP) is 5.64. The van der Waals surface area contributed by atoms with Crippen molar-refractivity contribution in [3.8, 4) is 28.1 Å². The molecule has 0 bridgehead atoms. The molecular formula is C34H37ClF2N6O3. The first kappa shape index (κ1) is 33.2. The van der Waals surface area contributed by atoms with Crippen LogP contribution in [-0.4, -0.2) is 53.3 Å². The molecule has 5 N–H and O–H groups in total. The normalized spacial score (nSPS) is 15.1. The maximum atomic E-state index is 15.5. The third-order valence-electron chi connectivity index (χ3n) is 7.92. The van der Waals surface area contributed by atoms with E-state index in [2.05, 4.69) is 31.2 Å². The average molecular weight is 651 g/mol. The molecule has 1 amide bonds. The highest BCUT2D eigenvalue weighted by Gasteiger charge is 2.22. The molecule has 1 fully saturated rings. The second-order valence-corrected chi connectivity index (χ2v) is 11.7. The summed E-state index contributed by atoms with van der Waals surface area (Å²) >= 11 is 6.94. The van der Waals surface area contributed by atoms with Crippen molar-refractivity contribution in [2.75, 3.05) is 25.5 Å². The van der Waals surface area contributed by atoms with Crippen molar-refractivity contribution in [3.05, 3.63) is 88.2 Å². The van der Waals surface area contributed by atoms with Gasteiger partial charge in [-0.15, -0.1) is 0 Å². The zero-order valence-electron chi connectivity index (χ0n) is 25.9. The number of benzene rings is 2. The van der Waals surface area contributed by atoms with Gasteiger partial charge in [-0.2, -0.15) is 0 Å². The number of nitrogens with one attached hydrogen (secondary N) is 4. The Bertz CT molecular complexity index is 1720. The van der Waals surface area contributed by atoms with Gasteiger partial charge in [0.25, 0.3) is 0 Å². The van der Waals surface area contributed by atoms with Crippen LogP contribution in [0, 0.1) is 18.6 Å². The van der Waals surface area contributed by atoms with Gasteiger partial charge in [0.1, 0.15) is 11.6 Å². The molecule has 2 aromatic heterocycles. The van der Waals surface area contributed by atoms with Gasteiger partial charge in [0.15, 0.2) is 11.6 Å². The van der Waals surface area contributed by atoms with Gasteiger partial charge in [-0.1, -0.05) is 23.7 Å². The van der Waals surface area contributed by atoms with Gasteiger partial charge < -0.3 is 31.1 Å². The molecule has 46 heavy (non-hydrogen) atoms. The molecule has 4 aromatic rings. The lowest BCUT2D eigenvalue weighted by Gasteiger charge is -2.17. The first-order chi connectivity index (χ1) is 22.2. The number of pyridine rings is 2. The van der Waals surface area contributed by atoms with E-state index in [1.807, 2.05) is 25.1 Å². The first-order valence-corrected chi connectivity index (χ1v) is 15.4. The van der Waals surface area contributed by atoms with Gasteiger partial charge in [-0.3, -0.25) is 9.78 Å². The highest BCUT2D eigenvalue weighted by Crippen LogP contribution is 2.40. The first-order valence-electron chi connectivity index (χ1n) is 15.1. The third kappa shape index (κ3) is 7.61. The number of hydrogen-bond acceptors (Lipinski definition) is 8. The van der Waals surface area contributed by atoms with Crippen molar-refractivity contribution < 1.29 is 23.4 Å². The molecule has 0 radical (unpaired) electrons. The third-order valence-corrected chi connectivity index (χ3v) is 8.30. The Morgan fingerprint density at radius 3 is 2.65 bits per heavy atom. The Hall–Kier alpha value is -4.16. The monoisotopic (exact) mass is 650 g/mol. The van der Waals surface area contributed by atoms with Gasteiger partial charge >= 0.3 is 0 Å². The summed E-state index contributed by atoms with van der Waals surface area (Å²) in [7, 11) is 1.48. The summed E-state index contributed by atoms with van der Waals surface area (Å²) in [6.45, 7) is 4.87. The SMILES string of the molecule is COc1cc(-c2nccc(-c3cccc(Nc4nccc(CNCC(C)O)c4F)c3C)c2Cl)cc(F)c1CNCC1CCC(=O)N1. The van der Waals surface area contributed by atoms with Crippen molar-refractivity contribution >= 4 is 29.0 Å². The number of amides is 1. The van der Waals surface area contributed by atoms with Gasteiger partial charge in [0.2, 0.25) is 5.91 Å². The number of hydrogen-bond donors (Lipinski definition) is 5. The van der Waals surface area contributed by atoms with Gasteiger partial charge in [0.05, 0.1) is 23.9 Å². The molecule has 0 saturated carbocycles. The zero-order chi connectivity index (χ0) is 32.8. The van der Waals surface area contributed by atoms with Crippen LogP contribution in [0.5, 0.6) is 5.75 Å². The highest BCUT2D eigenvalue weighted by atomic mass is 35.5. The number of aromatic nitrogens is 2. The van der Waals surface area contributed by atoms with E-state index in [0.717, 1.165) is 17.5 Å². The molecule has 2 unspecified atom stereocenters. The van der Waals surface area contributed by atoms with E-state index in [9.17, 15) is 9.90 Å². The minimum Gasteiger partial charge on any atom is -0.496 e. The van der Waals surface area contributed by atoms with Crippen LogP contribution >= 0.6 is 11.6 Å². The summed E-state index contributed by atoms with van der Waals surface area (Å²) < 4.78 is 36.3. The standard InChI is InChI=1S/C34H37ClF2N6O3/c1-19(44)15-38-16-21-9-11-41-34(32(21)37)43-28-6-4-5-24(20(28)2)25-10-12-40-33(31(25)35)22-13-27(36)26(29(14-22)46-3)18-39-17-23-7-8-30(45)42-23/h4-6,9-14,19,23,38-39,44H,7-8,15-18H2,1-3H3,(H,41,43)(H,42,45). The second kappa shape index (κ2) is 15.0. The van der Waals surface area contributed by atoms with E-state index < -0.39 is 17.7 Å². The number of nitrogens with zero attached hydrogens (tertiary/aromatic N) is 2. The van der Waals surface area contributed by atoms with E-state index in [0.29, 0.717) is 63.9 Å². The van der Waals surface area contributed by atoms with Crippen molar-refractivity contribution in [2.24, 2.45) is 0 Å². The van der Waals surface area contributed by atoms with Crippen LogP contribution < -0.4 is 26.0 Å². The number of aliphatic hydroxyl groups excluding tert-OH is 1. The Morgan fingerprint density at radius 1 is 1.11 bits per heavy atom. The van der Waals surface area contributed by atoms with Crippen molar-refractivity contribution in [1.29, 1.82) is 0 Å². The van der Waals surface area contributed by atoms with Crippen LogP contribution in [0.2, 0.25) is 5.02 Å². The summed E-state index contributed by atoms with van der Waals surface area (Å²) in [4.78, 5) is 20.1. The number of halogens is 3. The van der Waals surface area contributed by atoms with Gasteiger partial charge in [-0.25, -0.2) is 13.8 Å². The van der Waals surface area contributed by atoms with Crippen LogP contribution in [0.15, 0.2) is 54.9 Å². The van der Waals surface area contributed by atoms with E-state index in [1.165, 1.54) is 19.4 Å². The van der Waals surface area contributed by atoms with Crippen LogP contribution in [0.4, 0.5) is 20.3 Å². The molecule has 2 atom stereocenters. The van der Waals surface area contributed by atoms with E-state index >= 15 is 8.78 Å². The van der Waals surface area contributed by atoms with Crippen LogP contribution in [-0.2, 0) is 17.9 Å². The topological polar surface area (TPSA) is 120 Å². The fourth-order valence-electron chi connectivity index (χ4n) is 5.47. The van der Waals surface area contributed by atoms with E-state index in [4.69, 9.17) is 16.3 Å². The molecule has 3 heterocycles. The predicted molar refractivity (Wildman–Crippen MR) is 175 cm³/mol. The maximum Gasteiger partial charge on any atom is 0.220 e. The molecule has 2 aromatic carbocycles. The molecule has 1 saturated heterocycles. The molecule has 242 valence electrons. The van der Waals surface area contributed by atoms with E-state index in [-0.39, 0.29) is 30.9 Å². The van der Waals surface area contributed by atoms with Crippen LogP contribution in [0.1, 0.15) is 36.5 Å². The Kier molecular flexibility index (Phi) is 10.8. The lowest BCUT2D eigenvalue weighted by molar-refractivity contribution is -0.119. The van der Waals surface area contributed by atoms with Gasteiger partial charge in [-0.05, 0) is 61.7 Å². The summed E-state index contributed by atoms with van der Waals surface area (Å²) in [6, 6.07) is 12.0. The molecular weight excluding hydrogens is 614 g/mol. The summed E-state index contributed by atoms with van der Waals surface area (Å²) in [5.41, 5.74) is 4.49. The minimum absolute atomic E-state index is 0.0212. The molecule has 1 aliphatic rings. The van der Waals surface area contributed by atoms with Crippen LogP contribution in [0.3, 0.4) is 0 Å². The molecule has 0 aliphatic carbocycles. The van der Waals surface area contributed by atoms with Crippen molar-refractivity contribution in [1.82, 2.24) is 25.9 Å². The minimum atomic E-state index is -0.546. The molecule has 5 rings (SSSR count). The molecule has 9 nitrogen and oxygen atoms in total. The Morgan fingerprint density at radius 2 is 1.91 bits per heavy atom. The lowest BCUT2D eigenvalue weighted by atomic mass is 9.97. The molecule has 1 aliphatic heterocycles. The number of ether oxygens (including phenoxy) is 1. The zero-order valence-corrected chi connectivity index (χ0v) is 26.6. The largest absolute Gasteiger partial charge is 0.496 e. The summed E-state index contributed by atoms with van der Waals surface area (Å²) in [5.74, 6) is -0.515. The number of aliphatic hydroxyl groups is 1. The number of carbonyl (C=O) groups is 1. The number of anilines is 2. The fraction of sp³-hybridized carbons (Fsp3) is 0.324. The Labute approximate surface area is 271 Å². The second-order valence-electron chi connectivity index (χ2n) is 11.3. The Balaban J connectivity index is 1.38.